The lowest BCUT2D eigenvalue weighted by atomic mass is 9.73. The smallest absolute Gasteiger partial charge is 0.377 e. The van der Waals surface area contributed by atoms with Gasteiger partial charge in [0, 0.05) is 26.1 Å². The predicted molar refractivity (Wildman–Crippen MR) is 139 cm³/mol. The molecule has 0 spiro atoms. The number of hydrogen-bond donors (Lipinski definition) is 3. The number of ether oxygens (including phenoxy) is 1. The van der Waals surface area contributed by atoms with Gasteiger partial charge in [-0.05, 0) is 42.9 Å². The molecule has 3 amide bonds. The molecule has 0 bridgehead atoms. The van der Waals surface area contributed by atoms with E-state index in [1.54, 1.807) is 0 Å². The summed E-state index contributed by atoms with van der Waals surface area (Å²) in [5.74, 6) is -3.85. The third-order valence-electron chi connectivity index (χ3n) is 7.61. The molecule has 0 radical (unpaired) electrons. The van der Waals surface area contributed by atoms with E-state index >= 15 is 0 Å². The van der Waals surface area contributed by atoms with E-state index in [1.807, 2.05) is 20.8 Å². The van der Waals surface area contributed by atoms with Crippen LogP contribution in [-0.2, 0) is 33.9 Å². The van der Waals surface area contributed by atoms with E-state index in [4.69, 9.17) is 4.74 Å². The number of nitrogens with one attached hydrogen (secondary N) is 3. The van der Waals surface area contributed by atoms with Crippen molar-refractivity contribution in [2.75, 3.05) is 26.8 Å². The highest BCUT2D eigenvalue weighted by Crippen LogP contribution is 2.37. The molecule has 0 saturated carbocycles. The van der Waals surface area contributed by atoms with Crippen LogP contribution in [0.1, 0.15) is 60.3 Å². The summed E-state index contributed by atoms with van der Waals surface area (Å²) >= 11 is 0. The van der Waals surface area contributed by atoms with Gasteiger partial charge in [-0.25, -0.2) is 8.42 Å². The number of carbonyl (C=O) groups is 4. The molecule has 2 aliphatic heterocycles. The summed E-state index contributed by atoms with van der Waals surface area (Å²) in [6, 6.07) is -4.06. The number of sulfonamides is 1. The van der Waals surface area contributed by atoms with Crippen LogP contribution in [0.5, 0.6) is 0 Å². The minimum atomic E-state index is -5.85. The van der Waals surface area contributed by atoms with Crippen molar-refractivity contribution in [3.63, 3.8) is 0 Å². The number of amides is 3. The molecule has 2 heterocycles. The molecule has 2 fully saturated rings. The number of likely N-dealkylation sites (tertiary alicyclic amines) is 1. The molecule has 40 heavy (non-hydrogen) atoms. The first-order valence-electron chi connectivity index (χ1n) is 13.3. The fourth-order valence-electron chi connectivity index (χ4n) is 5.08. The summed E-state index contributed by atoms with van der Waals surface area (Å²) in [6.07, 6.45) is 1.07. The molecule has 15 heteroatoms. The van der Waals surface area contributed by atoms with Gasteiger partial charge in [0.1, 0.15) is 18.7 Å². The number of halogens is 3. The van der Waals surface area contributed by atoms with Crippen molar-refractivity contribution in [3.8, 4) is 0 Å². The van der Waals surface area contributed by atoms with Gasteiger partial charge in [-0.2, -0.15) is 17.9 Å². The van der Waals surface area contributed by atoms with Crippen molar-refractivity contribution in [2.45, 2.75) is 83.9 Å². The van der Waals surface area contributed by atoms with Crippen LogP contribution < -0.4 is 15.4 Å². The van der Waals surface area contributed by atoms with Crippen LogP contribution in [0.25, 0.3) is 0 Å². The average molecular weight is 599 g/mol. The zero-order valence-corrected chi connectivity index (χ0v) is 24.6. The van der Waals surface area contributed by atoms with Gasteiger partial charge in [0.05, 0.1) is 6.04 Å². The van der Waals surface area contributed by atoms with Gasteiger partial charge in [-0.15, -0.1) is 0 Å². The van der Waals surface area contributed by atoms with E-state index in [-0.39, 0.29) is 43.2 Å². The Morgan fingerprint density at radius 1 is 1.15 bits per heavy atom. The summed E-state index contributed by atoms with van der Waals surface area (Å²) in [4.78, 5) is 53.3. The van der Waals surface area contributed by atoms with Crippen LogP contribution in [0, 0.1) is 23.2 Å². The molecule has 0 aliphatic carbocycles. The Hall–Kier alpha value is -2.26. The van der Waals surface area contributed by atoms with Crippen molar-refractivity contribution >= 4 is 33.5 Å². The maximum Gasteiger partial charge on any atom is 0.511 e. The zero-order chi connectivity index (χ0) is 30.6. The quantitative estimate of drug-likeness (QED) is 0.325. The number of ketones is 1. The molecule has 230 valence electrons. The van der Waals surface area contributed by atoms with Crippen LogP contribution in [0.2, 0.25) is 0 Å². The highest BCUT2D eigenvalue weighted by atomic mass is 32.2. The molecule has 0 aromatic rings. The van der Waals surface area contributed by atoms with Crippen molar-refractivity contribution < 1.29 is 45.5 Å². The number of carbonyl (C=O) groups excluding carboxylic acids is 4. The molecule has 11 nitrogen and oxygen atoms in total. The zero-order valence-electron chi connectivity index (χ0n) is 23.8. The van der Waals surface area contributed by atoms with E-state index in [9.17, 15) is 40.8 Å². The van der Waals surface area contributed by atoms with E-state index in [1.165, 1.54) is 25.7 Å². The second-order valence-corrected chi connectivity index (χ2v) is 13.6. The number of rotatable bonds is 11. The SMILES string of the molecule is COCC(=O)[C@H](C[C@@H]1CCNC1=O)NC(=O)[C@H]1C[C@@H](C(C)(C)C)CCN1C(=O)[C@@H](NS(=O)(=O)C(F)(F)F)C(C)C. The predicted octanol–water partition coefficient (Wildman–Crippen LogP) is 1.33. The van der Waals surface area contributed by atoms with Gasteiger partial charge in [0.2, 0.25) is 17.7 Å². The number of alkyl halides is 3. The largest absolute Gasteiger partial charge is 0.511 e. The molecular formula is C25H41F3N4O7S. The molecule has 0 unspecified atom stereocenters. The number of piperidine rings is 1. The lowest BCUT2D eigenvalue weighted by molar-refractivity contribution is -0.147. The lowest BCUT2D eigenvalue weighted by Gasteiger charge is -2.44. The van der Waals surface area contributed by atoms with E-state index in [0.29, 0.717) is 19.4 Å². The minimum absolute atomic E-state index is 0.00244. The summed E-state index contributed by atoms with van der Waals surface area (Å²) in [5, 5.41) is 5.33. The molecular weight excluding hydrogens is 557 g/mol. The summed E-state index contributed by atoms with van der Waals surface area (Å²) in [6.45, 7) is 8.77. The molecule has 0 aromatic carbocycles. The summed E-state index contributed by atoms with van der Waals surface area (Å²) in [7, 11) is -4.54. The summed E-state index contributed by atoms with van der Waals surface area (Å²) in [5.41, 5.74) is -5.91. The van der Waals surface area contributed by atoms with E-state index in [0.717, 1.165) is 4.90 Å². The second-order valence-electron chi connectivity index (χ2n) is 11.9. The van der Waals surface area contributed by atoms with Crippen molar-refractivity contribution in [1.29, 1.82) is 0 Å². The van der Waals surface area contributed by atoms with Gasteiger partial charge in [-0.3, -0.25) is 19.2 Å². The third kappa shape index (κ3) is 8.38. The fourth-order valence-corrected chi connectivity index (χ4v) is 5.93. The first kappa shape index (κ1) is 33.9. The van der Waals surface area contributed by atoms with E-state index in [2.05, 4.69) is 10.6 Å². The Balaban J connectivity index is 2.39. The van der Waals surface area contributed by atoms with Crippen LogP contribution in [0.3, 0.4) is 0 Å². The maximum atomic E-state index is 13.7. The Labute approximate surface area is 233 Å². The van der Waals surface area contributed by atoms with Crippen LogP contribution in [-0.4, -0.2) is 87.3 Å². The van der Waals surface area contributed by atoms with Crippen molar-refractivity contribution in [3.05, 3.63) is 0 Å². The highest BCUT2D eigenvalue weighted by molar-refractivity contribution is 7.90. The molecule has 0 aromatic heterocycles. The van der Waals surface area contributed by atoms with Gasteiger partial charge in [0.25, 0.3) is 0 Å². The van der Waals surface area contributed by atoms with Gasteiger partial charge in [0.15, 0.2) is 5.78 Å². The third-order valence-corrected chi connectivity index (χ3v) is 8.78. The monoisotopic (exact) mass is 598 g/mol. The second kappa shape index (κ2) is 13.1. The van der Waals surface area contributed by atoms with Crippen LogP contribution in [0.4, 0.5) is 13.2 Å². The van der Waals surface area contributed by atoms with Crippen molar-refractivity contribution in [2.24, 2.45) is 23.2 Å². The molecule has 5 atom stereocenters. The highest BCUT2D eigenvalue weighted by Gasteiger charge is 2.50. The Morgan fingerprint density at radius 3 is 2.25 bits per heavy atom. The normalized spacial score (nSPS) is 24.0. The summed E-state index contributed by atoms with van der Waals surface area (Å²) < 4.78 is 69.5. The van der Waals surface area contributed by atoms with Crippen molar-refractivity contribution in [1.82, 2.24) is 20.3 Å². The van der Waals surface area contributed by atoms with Crippen LogP contribution in [0.15, 0.2) is 0 Å². The molecule has 2 saturated heterocycles. The Bertz CT molecular complexity index is 1060. The molecule has 2 aliphatic rings. The minimum Gasteiger partial charge on any atom is -0.377 e. The van der Waals surface area contributed by atoms with E-state index < -0.39 is 63.1 Å². The van der Waals surface area contributed by atoms with Gasteiger partial charge < -0.3 is 20.3 Å². The maximum absolute atomic E-state index is 13.7. The number of Topliss-reactive ketones (excluding diaryl/α,β-unsaturated/α-hetero) is 1. The Morgan fingerprint density at radius 2 is 1.77 bits per heavy atom. The molecule has 3 N–H and O–H groups in total. The fraction of sp³-hybridized carbons (Fsp3) is 0.840. The topological polar surface area (TPSA) is 151 Å². The standard InChI is InChI=1S/C25H41F3N4O7S/c1-14(2)20(31-40(37,38)25(26,27)28)23(36)32-10-8-16(24(3,4)5)12-18(32)22(35)30-17(19(33)13-39-6)11-15-7-9-29-21(15)34/h14-18,20,31H,7-13H2,1-6H3,(H,29,34)(H,30,35)/t15-,16-,17-,18+,20-/m0/s1. The number of hydrogen-bond acceptors (Lipinski definition) is 7. The Kier molecular flexibility index (Phi) is 11.2. The first-order chi connectivity index (χ1) is 18.3. The molecule has 2 rings (SSSR count). The average Bonchev–Trinajstić information content (AvgIpc) is 3.24. The van der Waals surface area contributed by atoms with Crippen LogP contribution >= 0.6 is 0 Å². The van der Waals surface area contributed by atoms with Gasteiger partial charge in [-0.1, -0.05) is 34.6 Å². The number of methoxy groups -OCH3 is 1. The number of nitrogens with zero attached hydrogens (tertiary/aromatic N) is 1. The lowest BCUT2D eigenvalue weighted by Crippen LogP contribution is -2.62. The van der Waals surface area contributed by atoms with Gasteiger partial charge >= 0.3 is 15.5 Å². The first-order valence-corrected chi connectivity index (χ1v) is 14.8.